The van der Waals surface area contributed by atoms with Crippen molar-refractivity contribution in [3.8, 4) is 0 Å². The van der Waals surface area contributed by atoms with Gasteiger partial charge in [0.15, 0.2) is 12.0 Å². The smallest absolute Gasteiger partial charge is 0.356 e. The lowest BCUT2D eigenvalue weighted by Gasteiger charge is -1.96. The van der Waals surface area contributed by atoms with E-state index in [-0.39, 0.29) is 11.4 Å². The fourth-order valence-corrected chi connectivity index (χ4v) is 1.63. The predicted octanol–water partition coefficient (Wildman–Crippen LogP) is 0.340. The molecule has 0 saturated carbocycles. The Kier molecular flexibility index (Phi) is 1.65. The minimum absolute atomic E-state index is 0.121. The van der Waals surface area contributed by atoms with Crippen LogP contribution in [0.2, 0.25) is 0 Å². The maximum Gasteiger partial charge on any atom is 0.356 e. The predicted molar refractivity (Wildman–Crippen MR) is 42.9 cm³/mol. The number of carboxylic acids is 1. The second kappa shape index (κ2) is 2.69. The fourth-order valence-electron chi connectivity index (χ4n) is 1.63. The van der Waals surface area contributed by atoms with E-state index in [2.05, 4.69) is 4.98 Å². The Morgan fingerprint density at radius 3 is 3.00 bits per heavy atom. The van der Waals surface area contributed by atoms with Crippen molar-refractivity contribution in [1.82, 2.24) is 9.55 Å². The molecule has 0 aliphatic carbocycles. The monoisotopic (exact) mass is 180 g/mol. The highest BCUT2D eigenvalue weighted by Crippen LogP contribution is 2.18. The van der Waals surface area contributed by atoms with Crippen molar-refractivity contribution in [1.29, 1.82) is 0 Å². The number of carbonyl (C=O) groups is 2. The quantitative estimate of drug-likeness (QED) is 0.666. The van der Waals surface area contributed by atoms with Gasteiger partial charge < -0.3 is 9.67 Å². The molecule has 0 radical (unpaired) electrons. The van der Waals surface area contributed by atoms with Crippen LogP contribution < -0.4 is 0 Å². The Balaban J connectivity index is 2.60. The molecule has 1 N–H and O–H groups in total. The number of aromatic nitrogens is 2. The third-order valence-corrected chi connectivity index (χ3v) is 2.18. The van der Waals surface area contributed by atoms with Crippen LogP contribution in [0.1, 0.15) is 33.2 Å². The van der Waals surface area contributed by atoms with Crippen LogP contribution in [-0.4, -0.2) is 26.9 Å². The van der Waals surface area contributed by atoms with E-state index < -0.39 is 5.97 Å². The molecular weight excluding hydrogens is 172 g/mol. The van der Waals surface area contributed by atoms with Gasteiger partial charge in [0.2, 0.25) is 0 Å². The Morgan fingerprint density at radius 2 is 2.38 bits per heavy atom. The van der Waals surface area contributed by atoms with Gasteiger partial charge in [-0.1, -0.05) is 0 Å². The van der Waals surface area contributed by atoms with Crippen molar-refractivity contribution in [2.45, 2.75) is 19.4 Å². The van der Waals surface area contributed by atoms with Crippen molar-refractivity contribution in [2.24, 2.45) is 0 Å². The number of nitrogens with zero attached hydrogens (tertiary/aromatic N) is 2. The molecule has 0 atom stereocenters. The molecule has 2 heterocycles. The van der Waals surface area contributed by atoms with Gasteiger partial charge >= 0.3 is 5.97 Å². The van der Waals surface area contributed by atoms with Gasteiger partial charge in [0, 0.05) is 13.0 Å². The number of imidazole rings is 1. The molecule has 2 rings (SSSR count). The van der Waals surface area contributed by atoms with Gasteiger partial charge in [0.05, 0.1) is 0 Å². The molecule has 1 aliphatic heterocycles. The number of hydrogen-bond acceptors (Lipinski definition) is 3. The van der Waals surface area contributed by atoms with Crippen LogP contribution in [-0.2, 0) is 13.0 Å². The largest absolute Gasteiger partial charge is 0.476 e. The molecule has 13 heavy (non-hydrogen) atoms. The fraction of sp³-hybridized carbons (Fsp3) is 0.375. The van der Waals surface area contributed by atoms with Gasteiger partial charge in [0.1, 0.15) is 11.5 Å². The summed E-state index contributed by atoms with van der Waals surface area (Å²) in [6.07, 6.45) is 2.25. The molecule has 0 spiro atoms. The highest BCUT2D eigenvalue weighted by atomic mass is 16.4. The maximum absolute atomic E-state index is 10.7. The van der Waals surface area contributed by atoms with Crippen LogP contribution >= 0.6 is 0 Å². The summed E-state index contributed by atoms with van der Waals surface area (Å²) in [7, 11) is 0. The molecule has 0 aromatic carbocycles. The maximum atomic E-state index is 10.7. The Labute approximate surface area is 74.0 Å². The van der Waals surface area contributed by atoms with E-state index in [1.165, 1.54) is 0 Å². The molecule has 0 fully saturated rings. The zero-order chi connectivity index (χ0) is 9.42. The van der Waals surface area contributed by atoms with Crippen LogP contribution in [0.3, 0.4) is 0 Å². The SMILES string of the molecule is O=Cc1c(C(=O)O)nc2n1CCC2. The van der Waals surface area contributed by atoms with Crippen LogP contribution in [0.25, 0.3) is 0 Å². The summed E-state index contributed by atoms with van der Waals surface area (Å²) < 4.78 is 1.68. The molecule has 1 aromatic rings. The summed E-state index contributed by atoms with van der Waals surface area (Å²) in [6, 6.07) is 0. The summed E-state index contributed by atoms with van der Waals surface area (Å²) in [5.74, 6) is -0.427. The molecule has 0 unspecified atom stereocenters. The van der Waals surface area contributed by atoms with Gasteiger partial charge in [-0.2, -0.15) is 0 Å². The van der Waals surface area contributed by atoms with Crippen LogP contribution in [0.4, 0.5) is 0 Å². The average Bonchev–Trinajstić information content (AvgIpc) is 2.60. The molecule has 5 heteroatoms. The number of rotatable bonds is 2. The number of carbonyl (C=O) groups excluding carboxylic acids is 1. The van der Waals surface area contributed by atoms with E-state index in [1.807, 2.05) is 0 Å². The first-order chi connectivity index (χ1) is 6.24. The Bertz CT molecular complexity index is 381. The first-order valence-electron chi connectivity index (χ1n) is 4.02. The highest BCUT2D eigenvalue weighted by molar-refractivity contribution is 5.94. The normalized spacial score (nSPS) is 14.2. The lowest BCUT2D eigenvalue weighted by atomic mass is 10.3. The number of aldehydes is 1. The summed E-state index contributed by atoms with van der Waals surface area (Å²) in [5.41, 5.74) is 0.0738. The van der Waals surface area contributed by atoms with Gasteiger partial charge in [-0.25, -0.2) is 9.78 Å². The molecule has 0 bridgehead atoms. The molecule has 5 nitrogen and oxygen atoms in total. The van der Waals surface area contributed by atoms with E-state index in [4.69, 9.17) is 5.11 Å². The summed E-state index contributed by atoms with van der Waals surface area (Å²) in [5, 5.41) is 8.72. The molecule has 0 saturated heterocycles. The second-order valence-electron chi connectivity index (χ2n) is 2.94. The van der Waals surface area contributed by atoms with E-state index in [0.717, 1.165) is 12.8 Å². The van der Waals surface area contributed by atoms with Crippen molar-refractivity contribution >= 4 is 12.3 Å². The van der Waals surface area contributed by atoms with Crippen molar-refractivity contribution in [2.75, 3.05) is 0 Å². The van der Waals surface area contributed by atoms with Crippen LogP contribution in [0, 0.1) is 0 Å². The molecule has 1 aromatic heterocycles. The first kappa shape index (κ1) is 7.97. The van der Waals surface area contributed by atoms with Crippen molar-refractivity contribution in [3.05, 3.63) is 17.2 Å². The summed E-state index contributed by atoms with van der Waals surface area (Å²) in [6.45, 7) is 0.698. The van der Waals surface area contributed by atoms with Crippen molar-refractivity contribution in [3.63, 3.8) is 0 Å². The van der Waals surface area contributed by atoms with Crippen molar-refractivity contribution < 1.29 is 14.7 Å². The van der Waals surface area contributed by atoms with Crippen LogP contribution in [0.15, 0.2) is 0 Å². The number of aryl methyl sites for hydroxylation is 1. The van der Waals surface area contributed by atoms with E-state index in [0.29, 0.717) is 18.7 Å². The standard InChI is InChI=1S/C8H8N2O3/c11-4-5-7(8(12)13)9-6-2-1-3-10(5)6/h4H,1-3H2,(H,12,13). The molecule has 68 valence electrons. The number of fused-ring (bicyclic) bond motifs is 1. The Morgan fingerprint density at radius 1 is 1.62 bits per heavy atom. The molecule has 0 amide bonds. The van der Waals surface area contributed by atoms with E-state index in [9.17, 15) is 9.59 Å². The van der Waals surface area contributed by atoms with Gasteiger partial charge in [-0.05, 0) is 6.42 Å². The number of aromatic carboxylic acids is 1. The third-order valence-electron chi connectivity index (χ3n) is 2.18. The van der Waals surface area contributed by atoms with Crippen LogP contribution in [0.5, 0.6) is 0 Å². The lowest BCUT2D eigenvalue weighted by molar-refractivity contribution is 0.0687. The average molecular weight is 180 g/mol. The minimum Gasteiger partial charge on any atom is -0.476 e. The Hall–Kier alpha value is -1.65. The van der Waals surface area contributed by atoms with Gasteiger partial charge in [-0.3, -0.25) is 4.79 Å². The highest BCUT2D eigenvalue weighted by Gasteiger charge is 2.23. The topological polar surface area (TPSA) is 72.2 Å². The third kappa shape index (κ3) is 1.04. The first-order valence-corrected chi connectivity index (χ1v) is 4.02. The number of carboxylic acid groups (broad SMARTS) is 1. The summed E-state index contributed by atoms with van der Waals surface area (Å²) in [4.78, 5) is 25.2. The zero-order valence-corrected chi connectivity index (χ0v) is 6.86. The molecular formula is C8H8N2O3. The second-order valence-corrected chi connectivity index (χ2v) is 2.94. The van der Waals surface area contributed by atoms with E-state index >= 15 is 0 Å². The molecule has 1 aliphatic rings. The number of hydrogen-bond donors (Lipinski definition) is 1. The van der Waals surface area contributed by atoms with E-state index in [1.54, 1.807) is 4.57 Å². The minimum atomic E-state index is -1.14. The van der Waals surface area contributed by atoms with Gasteiger partial charge in [-0.15, -0.1) is 0 Å². The lowest BCUT2D eigenvalue weighted by Crippen LogP contribution is -2.05. The van der Waals surface area contributed by atoms with Gasteiger partial charge in [0.25, 0.3) is 0 Å². The summed E-state index contributed by atoms with van der Waals surface area (Å²) >= 11 is 0. The zero-order valence-electron chi connectivity index (χ0n) is 6.86.